The van der Waals surface area contributed by atoms with Gasteiger partial charge in [-0.05, 0) is 26.0 Å². The smallest absolute Gasteiger partial charge is 0.307 e. The third kappa shape index (κ3) is 6.07. The van der Waals surface area contributed by atoms with Gasteiger partial charge in [-0.3, -0.25) is 14.4 Å². The van der Waals surface area contributed by atoms with Gasteiger partial charge in [-0.25, -0.2) is 0 Å². The first-order chi connectivity index (χ1) is 10.0. The molecule has 1 aromatic carbocycles. The largest absolute Gasteiger partial charge is 0.466 e. The zero-order chi connectivity index (χ0) is 15.7. The highest BCUT2D eigenvalue weighted by Crippen LogP contribution is 1.98. The van der Waals surface area contributed by atoms with Crippen LogP contribution in [0.3, 0.4) is 0 Å². The molecule has 1 aromatic rings. The number of carbonyl (C=O) groups excluding carboxylic acids is 3. The third-order valence-corrected chi connectivity index (χ3v) is 2.71. The molecule has 0 aliphatic carbocycles. The summed E-state index contributed by atoms with van der Waals surface area (Å²) in [7, 11) is 0. The average molecular weight is 292 g/mol. The van der Waals surface area contributed by atoms with E-state index in [1.165, 1.54) is 0 Å². The minimum atomic E-state index is -0.681. The van der Waals surface area contributed by atoms with Crippen molar-refractivity contribution >= 4 is 17.8 Å². The summed E-state index contributed by atoms with van der Waals surface area (Å²) in [4.78, 5) is 34.7. The number of benzene rings is 1. The molecule has 0 aliphatic heterocycles. The van der Waals surface area contributed by atoms with E-state index >= 15 is 0 Å². The summed E-state index contributed by atoms with van der Waals surface area (Å²) in [6, 6.07) is 7.96. The number of hydrogen-bond donors (Lipinski definition) is 2. The molecule has 2 amide bonds. The Balaban J connectivity index is 2.34. The van der Waals surface area contributed by atoms with Gasteiger partial charge in [-0.1, -0.05) is 18.2 Å². The van der Waals surface area contributed by atoms with Crippen LogP contribution in [0.1, 0.15) is 30.6 Å². The van der Waals surface area contributed by atoms with Gasteiger partial charge < -0.3 is 15.4 Å². The summed E-state index contributed by atoms with van der Waals surface area (Å²) in [5.74, 6) is -1.02. The lowest BCUT2D eigenvalue weighted by atomic mass is 10.2. The summed E-state index contributed by atoms with van der Waals surface area (Å²) in [5, 5.41) is 5.17. The maximum absolute atomic E-state index is 11.9. The van der Waals surface area contributed by atoms with Gasteiger partial charge in [0.05, 0.1) is 13.0 Å². The molecule has 1 rings (SSSR count). The van der Waals surface area contributed by atoms with Crippen LogP contribution in [0.4, 0.5) is 0 Å². The zero-order valence-electron chi connectivity index (χ0n) is 12.2. The second-order valence-corrected chi connectivity index (χ2v) is 4.41. The first kappa shape index (κ1) is 16.7. The summed E-state index contributed by atoms with van der Waals surface area (Å²) >= 11 is 0. The number of esters is 1. The second-order valence-electron chi connectivity index (χ2n) is 4.41. The fraction of sp³-hybridized carbons (Fsp3) is 0.400. The molecule has 0 radical (unpaired) electrons. The third-order valence-electron chi connectivity index (χ3n) is 2.71. The van der Waals surface area contributed by atoms with E-state index in [-0.39, 0.29) is 30.7 Å². The molecule has 0 saturated carbocycles. The Morgan fingerprint density at radius 3 is 2.48 bits per heavy atom. The SMILES string of the molecule is CCOC(=O)CCNC(=O)C(C)NC(=O)c1ccccc1. The molecule has 6 heteroatoms. The van der Waals surface area contributed by atoms with Crippen LogP contribution >= 0.6 is 0 Å². The molecule has 0 fully saturated rings. The minimum Gasteiger partial charge on any atom is -0.466 e. The van der Waals surface area contributed by atoms with Crippen LogP contribution in [0.25, 0.3) is 0 Å². The monoisotopic (exact) mass is 292 g/mol. The Morgan fingerprint density at radius 1 is 1.19 bits per heavy atom. The standard InChI is InChI=1S/C15H20N2O4/c1-3-21-13(18)9-10-16-14(19)11(2)17-15(20)12-7-5-4-6-8-12/h4-8,11H,3,9-10H2,1-2H3,(H,16,19)(H,17,20). The molecule has 114 valence electrons. The normalized spacial score (nSPS) is 11.3. The predicted octanol–water partition coefficient (Wildman–Crippen LogP) is 0.874. The second kappa shape index (κ2) is 8.73. The number of carbonyl (C=O) groups is 3. The molecule has 0 aromatic heterocycles. The van der Waals surface area contributed by atoms with Gasteiger partial charge in [0.25, 0.3) is 5.91 Å². The van der Waals surface area contributed by atoms with Crippen molar-refractivity contribution < 1.29 is 19.1 Å². The molecule has 2 N–H and O–H groups in total. The van der Waals surface area contributed by atoms with E-state index in [0.29, 0.717) is 12.2 Å². The summed E-state index contributed by atoms with van der Waals surface area (Å²) in [5.41, 5.74) is 0.490. The molecular weight excluding hydrogens is 272 g/mol. The molecular formula is C15H20N2O4. The van der Waals surface area contributed by atoms with Crippen molar-refractivity contribution in [3.8, 4) is 0 Å². The van der Waals surface area contributed by atoms with E-state index in [2.05, 4.69) is 10.6 Å². The van der Waals surface area contributed by atoms with E-state index in [4.69, 9.17) is 4.74 Å². The van der Waals surface area contributed by atoms with Crippen LogP contribution in [-0.2, 0) is 14.3 Å². The number of rotatable bonds is 7. The average Bonchev–Trinajstić information content (AvgIpc) is 2.48. The molecule has 0 spiro atoms. The molecule has 0 aliphatic rings. The Morgan fingerprint density at radius 2 is 1.86 bits per heavy atom. The Kier molecular flexibility index (Phi) is 6.94. The van der Waals surface area contributed by atoms with Crippen molar-refractivity contribution in [1.29, 1.82) is 0 Å². The van der Waals surface area contributed by atoms with Gasteiger partial charge in [-0.15, -0.1) is 0 Å². The molecule has 21 heavy (non-hydrogen) atoms. The number of ether oxygens (including phenoxy) is 1. The maximum atomic E-state index is 11.9. The number of nitrogens with one attached hydrogen (secondary N) is 2. The number of hydrogen-bond acceptors (Lipinski definition) is 4. The van der Waals surface area contributed by atoms with Crippen LogP contribution < -0.4 is 10.6 Å². The molecule has 0 heterocycles. The quantitative estimate of drug-likeness (QED) is 0.730. The van der Waals surface area contributed by atoms with Gasteiger partial charge in [0.1, 0.15) is 6.04 Å². The molecule has 6 nitrogen and oxygen atoms in total. The Hall–Kier alpha value is -2.37. The molecule has 0 saturated heterocycles. The first-order valence-electron chi connectivity index (χ1n) is 6.83. The zero-order valence-corrected chi connectivity index (χ0v) is 12.2. The van der Waals surface area contributed by atoms with E-state index in [1.807, 2.05) is 6.07 Å². The van der Waals surface area contributed by atoms with Crippen LogP contribution in [0.15, 0.2) is 30.3 Å². The minimum absolute atomic E-state index is 0.110. The summed E-state index contributed by atoms with van der Waals surface area (Å²) in [6.45, 7) is 3.80. The summed E-state index contributed by atoms with van der Waals surface area (Å²) in [6.07, 6.45) is 0.110. The fourth-order valence-electron chi connectivity index (χ4n) is 1.61. The van der Waals surface area contributed by atoms with Gasteiger partial charge in [0, 0.05) is 12.1 Å². The maximum Gasteiger partial charge on any atom is 0.307 e. The van der Waals surface area contributed by atoms with E-state index in [1.54, 1.807) is 38.1 Å². The topological polar surface area (TPSA) is 84.5 Å². The highest BCUT2D eigenvalue weighted by Gasteiger charge is 2.16. The highest BCUT2D eigenvalue weighted by molar-refractivity contribution is 5.97. The van der Waals surface area contributed by atoms with E-state index < -0.39 is 6.04 Å². The Bertz CT molecular complexity index is 488. The predicted molar refractivity (Wildman–Crippen MR) is 77.6 cm³/mol. The fourth-order valence-corrected chi connectivity index (χ4v) is 1.61. The van der Waals surface area contributed by atoms with Crippen molar-refractivity contribution in [2.45, 2.75) is 26.3 Å². The van der Waals surface area contributed by atoms with Crippen molar-refractivity contribution in [2.75, 3.05) is 13.2 Å². The van der Waals surface area contributed by atoms with Crippen LogP contribution in [0, 0.1) is 0 Å². The van der Waals surface area contributed by atoms with Crippen molar-refractivity contribution in [3.63, 3.8) is 0 Å². The van der Waals surface area contributed by atoms with Crippen LogP contribution in [0.2, 0.25) is 0 Å². The lowest BCUT2D eigenvalue weighted by Crippen LogP contribution is -2.45. The van der Waals surface area contributed by atoms with Gasteiger partial charge in [0.2, 0.25) is 5.91 Å². The van der Waals surface area contributed by atoms with Gasteiger partial charge in [0.15, 0.2) is 0 Å². The molecule has 1 atom stereocenters. The van der Waals surface area contributed by atoms with Gasteiger partial charge in [-0.2, -0.15) is 0 Å². The molecule has 0 bridgehead atoms. The van der Waals surface area contributed by atoms with Crippen molar-refractivity contribution in [1.82, 2.24) is 10.6 Å². The lowest BCUT2D eigenvalue weighted by Gasteiger charge is -2.14. The lowest BCUT2D eigenvalue weighted by molar-refractivity contribution is -0.143. The Labute approximate surface area is 123 Å². The number of amides is 2. The van der Waals surface area contributed by atoms with Crippen LogP contribution in [-0.4, -0.2) is 37.0 Å². The van der Waals surface area contributed by atoms with E-state index in [0.717, 1.165) is 0 Å². The van der Waals surface area contributed by atoms with Gasteiger partial charge >= 0.3 is 5.97 Å². The molecule has 1 unspecified atom stereocenters. The van der Waals surface area contributed by atoms with E-state index in [9.17, 15) is 14.4 Å². The summed E-state index contributed by atoms with van der Waals surface area (Å²) < 4.78 is 4.75. The first-order valence-corrected chi connectivity index (χ1v) is 6.83. The van der Waals surface area contributed by atoms with Crippen molar-refractivity contribution in [2.24, 2.45) is 0 Å². The highest BCUT2D eigenvalue weighted by atomic mass is 16.5. The van der Waals surface area contributed by atoms with Crippen molar-refractivity contribution in [3.05, 3.63) is 35.9 Å². The van der Waals surface area contributed by atoms with Crippen LogP contribution in [0.5, 0.6) is 0 Å².